The van der Waals surface area contributed by atoms with Crippen molar-refractivity contribution in [1.82, 2.24) is 15.2 Å². The van der Waals surface area contributed by atoms with E-state index in [1.54, 1.807) is 0 Å². The van der Waals surface area contributed by atoms with E-state index in [2.05, 4.69) is 21.1 Å². The molecule has 4 nitrogen and oxygen atoms in total. The quantitative estimate of drug-likeness (QED) is 0.701. The fraction of sp³-hybridized carbons (Fsp3) is 0.429. The molecule has 1 heterocycles. The van der Waals surface area contributed by atoms with Crippen LogP contribution in [-0.2, 0) is 6.18 Å². The van der Waals surface area contributed by atoms with E-state index in [1.165, 1.54) is 0 Å². The van der Waals surface area contributed by atoms with Gasteiger partial charge in [-0.1, -0.05) is 0 Å². The molecule has 1 rings (SSSR count). The second kappa shape index (κ2) is 3.67. The van der Waals surface area contributed by atoms with E-state index < -0.39 is 18.0 Å². The molecule has 0 amide bonds. The maximum absolute atomic E-state index is 12.0. The molecule has 0 aliphatic rings. The molecule has 1 aromatic rings. The second-order valence-corrected chi connectivity index (χ2v) is 2.56. The minimum absolute atomic E-state index is 0.0599. The number of nitrogens with one attached hydrogen (secondary N) is 1. The van der Waals surface area contributed by atoms with Gasteiger partial charge in [0, 0.05) is 6.42 Å². The summed E-state index contributed by atoms with van der Waals surface area (Å²) in [5.74, 6) is 0.924. The van der Waals surface area contributed by atoms with Crippen LogP contribution in [0.3, 0.4) is 0 Å². The number of H-pyrrole nitrogens is 1. The number of halogens is 3. The van der Waals surface area contributed by atoms with Crippen molar-refractivity contribution >= 4 is 0 Å². The Hall–Kier alpha value is -1.55. The Morgan fingerprint density at radius 1 is 1.57 bits per heavy atom. The second-order valence-electron chi connectivity index (χ2n) is 2.56. The summed E-state index contributed by atoms with van der Waals surface area (Å²) in [6.45, 7) is 0. The Morgan fingerprint density at radius 3 is 2.64 bits per heavy atom. The number of aromatic nitrogens is 3. The molecule has 1 unspecified atom stereocenters. The van der Waals surface area contributed by atoms with Gasteiger partial charge >= 0.3 is 6.18 Å². The van der Waals surface area contributed by atoms with Crippen molar-refractivity contribution in [3.05, 3.63) is 11.6 Å². The average Bonchev–Trinajstić information content (AvgIpc) is 2.51. The smallest absolute Gasteiger partial charge is 0.321 e. The molecule has 0 aromatic carbocycles. The lowest BCUT2D eigenvalue weighted by molar-refractivity contribution is -0.144. The van der Waals surface area contributed by atoms with E-state index in [1.807, 2.05) is 0 Å². The van der Waals surface area contributed by atoms with Gasteiger partial charge in [0.2, 0.25) is 0 Å². The molecule has 0 saturated heterocycles. The summed E-state index contributed by atoms with van der Waals surface area (Å²) >= 11 is 0. The van der Waals surface area contributed by atoms with Gasteiger partial charge in [-0.3, -0.25) is 5.10 Å². The Morgan fingerprint density at radius 2 is 2.21 bits per heavy atom. The van der Waals surface area contributed by atoms with E-state index in [9.17, 15) is 13.2 Å². The summed E-state index contributed by atoms with van der Waals surface area (Å²) in [4.78, 5) is 3.19. The molecule has 76 valence electrons. The number of nitrogens with zero attached hydrogens (tertiary/aromatic N) is 2. The van der Waals surface area contributed by atoms with Crippen LogP contribution in [0.1, 0.15) is 24.1 Å². The zero-order valence-electron chi connectivity index (χ0n) is 6.97. The summed E-state index contributed by atoms with van der Waals surface area (Å²) in [6, 6.07) is -0.747. The number of alkyl halides is 3. The number of nitrogens with two attached hydrogens (primary N) is 1. The summed E-state index contributed by atoms with van der Waals surface area (Å²) in [5.41, 5.74) is 5.42. The van der Waals surface area contributed by atoms with Crippen molar-refractivity contribution in [2.45, 2.75) is 18.6 Å². The van der Waals surface area contributed by atoms with Crippen molar-refractivity contribution in [2.75, 3.05) is 0 Å². The highest BCUT2D eigenvalue weighted by atomic mass is 19.4. The van der Waals surface area contributed by atoms with Gasteiger partial charge in [0.15, 0.2) is 0 Å². The molecular weight excluding hydrogens is 197 g/mol. The molecule has 0 aliphatic carbocycles. The van der Waals surface area contributed by atoms with Gasteiger partial charge in [-0.2, -0.15) is 13.2 Å². The lowest BCUT2D eigenvalue weighted by atomic mass is 10.2. The molecule has 0 saturated carbocycles. The predicted molar refractivity (Wildman–Crippen MR) is 41.8 cm³/mol. The summed E-state index contributed by atoms with van der Waals surface area (Å²) in [6.07, 6.45) is 0.484. The first-order chi connectivity index (χ1) is 6.45. The van der Waals surface area contributed by atoms with E-state index in [0.717, 1.165) is 0 Å². The summed E-state index contributed by atoms with van der Waals surface area (Å²) in [5, 5.41) is 5.08. The lowest BCUT2D eigenvalue weighted by Gasteiger charge is -2.01. The molecule has 1 atom stereocenters. The standard InChI is InChI=1S/C7H7F3N4/c1-2-3-4(11)5-12-6(14-13-5)7(8,9)10/h1,4H,3,11H2,(H,12,13,14). The molecule has 0 spiro atoms. The van der Waals surface area contributed by atoms with Crippen LogP contribution in [0.4, 0.5) is 13.2 Å². The molecule has 0 radical (unpaired) electrons. The Balaban J connectivity index is 2.84. The minimum Gasteiger partial charge on any atom is -0.321 e. The number of terminal acetylenes is 1. The first kappa shape index (κ1) is 10.5. The fourth-order valence-corrected chi connectivity index (χ4v) is 0.791. The van der Waals surface area contributed by atoms with Gasteiger partial charge in [-0.15, -0.1) is 17.4 Å². The Kier molecular flexibility index (Phi) is 2.76. The predicted octanol–water partition coefficient (Wildman–Crippen LogP) is 0.847. The monoisotopic (exact) mass is 204 g/mol. The van der Waals surface area contributed by atoms with Crippen molar-refractivity contribution in [3.8, 4) is 12.3 Å². The van der Waals surface area contributed by atoms with Crippen LogP contribution in [0, 0.1) is 12.3 Å². The highest BCUT2D eigenvalue weighted by Crippen LogP contribution is 2.26. The van der Waals surface area contributed by atoms with Crippen molar-refractivity contribution in [1.29, 1.82) is 0 Å². The van der Waals surface area contributed by atoms with Crippen LogP contribution in [0.2, 0.25) is 0 Å². The molecule has 1 aromatic heterocycles. The van der Waals surface area contributed by atoms with Crippen LogP contribution in [0.15, 0.2) is 0 Å². The van der Waals surface area contributed by atoms with Gasteiger partial charge in [0.25, 0.3) is 5.82 Å². The third kappa shape index (κ3) is 2.23. The largest absolute Gasteiger partial charge is 0.453 e. The van der Waals surface area contributed by atoms with E-state index in [4.69, 9.17) is 12.2 Å². The zero-order valence-corrected chi connectivity index (χ0v) is 6.97. The molecule has 0 aliphatic heterocycles. The molecule has 3 N–H and O–H groups in total. The van der Waals surface area contributed by atoms with Crippen molar-refractivity contribution in [2.24, 2.45) is 5.73 Å². The molecule has 14 heavy (non-hydrogen) atoms. The average molecular weight is 204 g/mol. The third-order valence-corrected chi connectivity index (χ3v) is 1.45. The first-order valence-corrected chi connectivity index (χ1v) is 3.63. The Bertz CT molecular complexity index is 349. The van der Waals surface area contributed by atoms with Gasteiger partial charge in [0.05, 0.1) is 6.04 Å². The lowest BCUT2D eigenvalue weighted by Crippen LogP contribution is -2.12. The third-order valence-electron chi connectivity index (χ3n) is 1.45. The van der Waals surface area contributed by atoms with E-state index in [0.29, 0.717) is 0 Å². The van der Waals surface area contributed by atoms with Crippen LogP contribution < -0.4 is 5.73 Å². The van der Waals surface area contributed by atoms with Crippen molar-refractivity contribution < 1.29 is 13.2 Å². The fourth-order valence-electron chi connectivity index (χ4n) is 0.791. The van der Waals surface area contributed by atoms with Crippen LogP contribution in [0.25, 0.3) is 0 Å². The number of hydrogen-bond acceptors (Lipinski definition) is 3. The van der Waals surface area contributed by atoms with Gasteiger partial charge in [-0.25, -0.2) is 4.98 Å². The van der Waals surface area contributed by atoms with Crippen LogP contribution in [0.5, 0.6) is 0 Å². The van der Waals surface area contributed by atoms with Crippen LogP contribution >= 0.6 is 0 Å². The number of rotatable bonds is 2. The topological polar surface area (TPSA) is 67.6 Å². The number of aromatic amines is 1. The van der Waals surface area contributed by atoms with Gasteiger partial charge in [-0.05, 0) is 0 Å². The zero-order chi connectivity index (χ0) is 10.8. The first-order valence-electron chi connectivity index (χ1n) is 3.63. The minimum atomic E-state index is -4.56. The van der Waals surface area contributed by atoms with Gasteiger partial charge < -0.3 is 5.73 Å². The molecule has 0 bridgehead atoms. The molecule has 0 fully saturated rings. The maximum atomic E-state index is 12.0. The number of hydrogen-bond donors (Lipinski definition) is 2. The van der Waals surface area contributed by atoms with E-state index in [-0.39, 0.29) is 12.2 Å². The summed E-state index contributed by atoms with van der Waals surface area (Å²) in [7, 11) is 0. The highest BCUT2D eigenvalue weighted by molar-refractivity contribution is 5.02. The van der Waals surface area contributed by atoms with Crippen molar-refractivity contribution in [3.63, 3.8) is 0 Å². The highest BCUT2D eigenvalue weighted by Gasteiger charge is 2.36. The van der Waals surface area contributed by atoms with E-state index >= 15 is 0 Å². The van der Waals surface area contributed by atoms with Crippen LogP contribution in [-0.4, -0.2) is 15.2 Å². The summed E-state index contributed by atoms with van der Waals surface area (Å²) < 4.78 is 36.1. The Labute approximate surface area is 77.7 Å². The molecule has 7 heteroatoms. The molecular formula is C7H7F3N4. The normalized spacial score (nSPS) is 13.6. The van der Waals surface area contributed by atoms with Gasteiger partial charge in [0.1, 0.15) is 5.82 Å². The maximum Gasteiger partial charge on any atom is 0.453 e. The SMILES string of the molecule is C#CCC(N)c1nc(C(F)(F)F)n[nH]1.